The molecule has 3 N–H and O–H groups in total. The number of anilines is 1. The third-order valence-corrected chi connectivity index (χ3v) is 5.57. The van der Waals surface area contributed by atoms with Gasteiger partial charge in [0.05, 0.1) is 26.9 Å². The Hall–Kier alpha value is -3.50. The number of halogens is 1. The zero-order chi connectivity index (χ0) is 23.0. The van der Waals surface area contributed by atoms with Crippen LogP contribution in [0.4, 0.5) is 10.2 Å². The number of hydrogen-bond donors (Lipinski definition) is 2. The van der Waals surface area contributed by atoms with Gasteiger partial charge in [-0.3, -0.25) is 14.3 Å². The molecular formula is C23H28FN7O2. The summed E-state index contributed by atoms with van der Waals surface area (Å²) in [5, 5.41) is 11.5. The van der Waals surface area contributed by atoms with E-state index in [1.807, 2.05) is 12.1 Å². The third kappa shape index (κ3) is 5.29. The smallest absolute Gasteiger partial charge is 0.170 e. The van der Waals surface area contributed by atoms with Crippen LogP contribution in [0.5, 0.6) is 5.75 Å². The van der Waals surface area contributed by atoms with E-state index in [4.69, 9.17) is 15.2 Å². The van der Waals surface area contributed by atoms with Gasteiger partial charge >= 0.3 is 0 Å². The van der Waals surface area contributed by atoms with Crippen molar-refractivity contribution in [3.05, 3.63) is 59.8 Å². The fourth-order valence-electron chi connectivity index (χ4n) is 3.75. The highest BCUT2D eigenvalue weighted by molar-refractivity contribution is 6.12. The van der Waals surface area contributed by atoms with E-state index in [-0.39, 0.29) is 12.4 Å². The largest absolute Gasteiger partial charge is 0.496 e. The number of ether oxygens (including phenoxy) is 2. The van der Waals surface area contributed by atoms with Crippen molar-refractivity contribution < 1.29 is 13.9 Å². The molecule has 0 radical (unpaired) electrons. The van der Waals surface area contributed by atoms with Gasteiger partial charge in [0.1, 0.15) is 23.7 Å². The van der Waals surface area contributed by atoms with Crippen LogP contribution in [0.3, 0.4) is 0 Å². The van der Waals surface area contributed by atoms with Crippen molar-refractivity contribution in [1.82, 2.24) is 19.5 Å². The minimum atomic E-state index is -0.333. The number of pyridine rings is 1. The summed E-state index contributed by atoms with van der Waals surface area (Å²) in [4.78, 5) is 6.87. The first-order valence-electron chi connectivity index (χ1n) is 10.8. The number of hydrogen-bond acceptors (Lipinski definition) is 8. The molecule has 0 amide bonds. The molecule has 1 aliphatic rings. The number of methoxy groups -OCH3 is 1. The first kappa shape index (κ1) is 22.7. The molecule has 1 saturated heterocycles. The second kappa shape index (κ2) is 10.9. The Balaban J connectivity index is 1.48. The highest BCUT2D eigenvalue weighted by Gasteiger charge is 2.13. The van der Waals surface area contributed by atoms with E-state index in [1.54, 1.807) is 29.1 Å². The lowest BCUT2D eigenvalue weighted by Crippen LogP contribution is -2.37. The second-order valence-electron chi connectivity index (χ2n) is 7.54. The second-order valence-corrected chi connectivity index (χ2v) is 7.54. The Morgan fingerprint density at radius 2 is 2.15 bits per heavy atom. The van der Waals surface area contributed by atoms with Crippen molar-refractivity contribution >= 4 is 23.3 Å². The van der Waals surface area contributed by atoms with Gasteiger partial charge in [0, 0.05) is 55.3 Å². The summed E-state index contributed by atoms with van der Waals surface area (Å²) in [5.74, 6) is 0.866. The highest BCUT2D eigenvalue weighted by Crippen LogP contribution is 2.25. The summed E-state index contributed by atoms with van der Waals surface area (Å²) in [6.45, 7) is 5.19. The SMILES string of the molecule is COc1cccc(F)c1CNc1ccc(C(C=NCCN2CCOCC2)=CN)c2nncn12. The minimum absolute atomic E-state index is 0.241. The van der Waals surface area contributed by atoms with Gasteiger partial charge in [-0.25, -0.2) is 4.39 Å². The third-order valence-electron chi connectivity index (χ3n) is 5.57. The van der Waals surface area contributed by atoms with Crippen LogP contribution in [0.25, 0.3) is 11.2 Å². The molecule has 10 heteroatoms. The van der Waals surface area contributed by atoms with E-state index < -0.39 is 0 Å². The number of rotatable bonds is 9. The molecule has 0 unspecified atom stereocenters. The number of aliphatic imine (C=N–C) groups is 1. The number of nitrogens with one attached hydrogen (secondary N) is 1. The lowest BCUT2D eigenvalue weighted by molar-refractivity contribution is 0.0395. The normalized spacial score (nSPS) is 15.4. The Bertz CT molecular complexity index is 1140. The number of morpholine rings is 1. The van der Waals surface area contributed by atoms with Crippen molar-refractivity contribution in [1.29, 1.82) is 0 Å². The van der Waals surface area contributed by atoms with Crippen LogP contribution in [0, 0.1) is 5.82 Å². The molecular weight excluding hydrogens is 425 g/mol. The number of nitrogens with zero attached hydrogens (tertiary/aromatic N) is 5. The molecule has 174 valence electrons. The molecule has 0 spiro atoms. The van der Waals surface area contributed by atoms with E-state index in [0.29, 0.717) is 29.3 Å². The van der Waals surface area contributed by atoms with Gasteiger partial charge in [0.2, 0.25) is 0 Å². The van der Waals surface area contributed by atoms with Crippen molar-refractivity contribution in [3.63, 3.8) is 0 Å². The summed E-state index contributed by atoms with van der Waals surface area (Å²) in [5.41, 5.74) is 8.52. The van der Waals surface area contributed by atoms with E-state index in [0.717, 1.165) is 44.0 Å². The van der Waals surface area contributed by atoms with Crippen LogP contribution in [-0.4, -0.2) is 72.2 Å². The zero-order valence-corrected chi connectivity index (χ0v) is 18.6. The predicted octanol–water partition coefficient (Wildman–Crippen LogP) is 2.19. The lowest BCUT2D eigenvalue weighted by Gasteiger charge is -2.25. The Morgan fingerprint density at radius 1 is 1.30 bits per heavy atom. The molecule has 9 nitrogen and oxygen atoms in total. The van der Waals surface area contributed by atoms with E-state index in [9.17, 15) is 4.39 Å². The molecule has 0 saturated carbocycles. The van der Waals surface area contributed by atoms with Crippen LogP contribution in [0.15, 0.2) is 47.9 Å². The van der Waals surface area contributed by atoms with Gasteiger partial charge in [-0.2, -0.15) is 0 Å². The van der Waals surface area contributed by atoms with Crippen LogP contribution >= 0.6 is 0 Å². The van der Waals surface area contributed by atoms with Gasteiger partial charge in [-0.15, -0.1) is 10.2 Å². The quantitative estimate of drug-likeness (QED) is 0.479. The molecule has 2 aromatic heterocycles. The number of aromatic nitrogens is 3. The first-order valence-corrected chi connectivity index (χ1v) is 10.8. The average molecular weight is 454 g/mol. The number of nitrogens with two attached hydrogens (primary N) is 1. The van der Waals surface area contributed by atoms with Gasteiger partial charge < -0.3 is 20.5 Å². The van der Waals surface area contributed by atoms with Crippen LogP contribution in [0.2, 0.25) is 0 Å². The monoisotopic (exact) mass is 453 g/mol. The van der Waals surface area contributed by atoms with Crippen molar-refractivity contribution in [2.24, 2.45) is 10.7 Å². The minimum Gasteiger partial charge on any atom is -0.496 e. The molecule has 3 heterocycles. The maximum Gasteiger partial charge on any atom is 0.170 e. The number of fused-ring (bicyclic) bond motifs is 1. The Morgan fingerprint density at radius 3 is 2.94 bits per heavy atom. The molecule has 1 aliphatic heterocycles. The summed E-state index contributed by atoms with van der Waals surface area (Å²) < 4.78 is 26.7. The molecule has 0 bridgehead atoms. The summed E-state index contributed by atoms with van der Waals surface area (Å²) in [6, 6.07) is 8.54. The summed E-state index contributed by atoms with van der Waals surface area (Å²) in [7, 11) is 1.52. The Labute approximate surface area is 191 Å². The number of allylic oxidation sites excluding steroid dienone is 1. The molecule has 1 aromatic carbocycles. The van der Waals surface area contributed by atoms with E-state index >= 15 is 0 Å². The molecule has 33 heavy (non-hydrogen) atoms. The lowest BCUT2D eigenvalue weighted by atomic mass is 10.1. The molecule has 3 aromatic rings. The fraction of sp³-hybridized carbons (Fsp3) is 0.348. The number of benzene rings is 1. The van der Waals surface area contributed by atoms with Crippen LogP contribution in [-0.2, 0) is 11.3 Å². The van der Waals surface area contributed by atoms with E-state index in [1.165, 1.54) is 19.4 Å². The topological polar surface area (TPSA) is 102 Å². The molecule has 0 atom stereocenters. The average Bonchev–Trinajstić information content (AvgIpc) is 3.34. The van der Waals surface area contributed by atoms with Crippen molar-refractivity contribution in [2.45, 2.75) is 6.54 Å². The van der Waals surface area contributed by atoms with Gasteiger partial charge in [0.25, 0.3) is 0 Å². The van der Waals surface area contributed by atoms with Crippen molar-refractivity contribution in [2.75, 3.05) is 51.8 Å². The standard InChI is InChI=1S/C23H28FN7O2/c1-32-21-4-2-3-20(24)19(21)15-27-22-6-5-18(23-29-28-16-31(22)23)17(13-25)14-26-7-8-30-9-11-33-12-10-30/h2-6,13-14,16,27H,7-12,15,25H2,1H3. The highest BCUT2D eigenvalue weighted by atomic mass is 19.1. The summed E-state index contributed by atoms with van der Waals surface area (Å²) >= 11 is 0. The maximum atomic E-state index is 14.3. The predicted molar refractivity (Wildman–Crippen MR) is 126 cm³/mol. The Kier molecular flexibility index (Phi) is 7.48. The summed E-state index contributed by atoms with van der Waals surface area (Å²) in [6.07, 6.45) is 4.88. The molecule has 4 rings (SSSR count). The van der Waals surface area contributed by atoms with Gasteiger partial charge in [-0.05, 0) is 24.3 Å². The van der Waals surface area contributed by atoms with Gasteiger partial charge in [0.15, 0.2) is 5.65 Å². The maximum absolute atomic E-state index is 14.3. The van der Waals surface area contributed by atoms with Crippen LogP contribution in [0.1, 0.15) is 11.1 Å². The van der Waals surface area contributed by atoms with Gasteiger partial charge in [-0.1, -0.05) is 6.07 Å². The molecule has 0 aliphatic carbocycles. The van der Waals surface area contributed by atoms with Crippen LogP contribution < -0.4 is 15.8 Å². The first-order chi connectivity index (χ1) is 16.2. The van der Waals surface area contributed by atoms with Crippen molar-refractivity contribution in [3.8, 4) is 5.75 Å². The fourth-order valence-corrected chi connectivity index (χ4v) is 3.75. The zero-order valence-electron chi connectivity index (χ0n) is 18.6. The molecule has 1 fully saturated rings. The van der Waals surface area contributed by atoms with E-state index in [2.05, 4.69) is 25.4 Å².